The molecule has 0 saturated carbocycles. The lowest BCUT2D eigenvalue weighted by Crippen LogP contribution is -2.43. The van der Waals surface area contributed by atoms with Crippen LogP contribution >= 0.6 is 0 Å². The van der Waals surface area contributed by atoms with Gasteiger partial charge in [0.05, 0.1) is 0 Å². The molecule has 16 heavy (non-hydrogen) atoms. The molecule has 0 aliphatic carbocycles. The molecule has 1 heterocycles. The molecule has 0 aromatic heterocycles. The van der Waals surface area contributed by atoms with Crippen LogP contribution in [-0.4, -0.2) is 29.7 Å². The van der Waals surface area contributed by atoms with Gasteiger partial charge in [0.2, 0.25) is 5.91 Å². The normalized spacial score (nSPS) is 21.2. The number of piperidine rings is 1. The van der Waals surface area contributed by atoms with Crippen molar-refractivity contribution in [1.29, 1.82) is 0 Å². The summed E-state index contributed by atoms with van der Waals surface area (Å²) in [6.45, 7) is 7.37. The number of rotatable bonds is 4. The Hall–Kier alpha value is -0.860. The van der Waals surface area contributed by atoms with E-state index >= 15 is 0 Å². The zero-order chi connectivity index (χ0) is 12.1. The lowest BCUT2D eigenvalue weighted by atomic mass is 9.88. The Labute approximate surface area is 98.2 Å². The molecule has 0 radical (unpaired) electrons. The molecule has 1 unspecified atom stereocenters. The number of hydrogen-bond acceptors (Lipinski definition) is 2. The summed E-state index contributed by atoms with van der Waals surface area (Å²) in [5.74, 6) is 0.693. The molecule has 3 nitrogen and oxygen atoms in total. The second-order valence-electron chi connectivity index (χ2n) is 4.99. The maximum absolute atomic E-state index is 11.9. The fourth-order valence-corrected chi connectivity index (χ4v) is 2.28. The molecule has 0 aromatic rings. The largest absolute Gasteiger partial charge is 0.342 e. The minimum Gasteiger partial charge on any atom is -0.342 e. The van der Waals surface area contributed by atoms with Gasteiger partial charge >= 0.3 is 0 Å². The van der Waals surface area contributed by atoms with Gasteiger partial charge in [-0.2, -0.15) is 0 Å². The number of carbonyl (C=O) groups excluding carboxylic acids is 2. The van der Waals surface area contributed by atoms with E-state index in [0.29, 0.717) is 18.7 Å². The van der Waals surface area contributed by atoms with Crippen molar-refractivity contribution in [2.45, 2.75) is 46.5 Å². The van der Waals surface area contributed by atoms with E-state index in [4.69, 9.17) is 0 Å². The van der Waals surface area contributed by atoms with Crippen LogP contribution in [0.25, 0.3) is 0 Å². The van der Waals surface area contributed by atoms with E-state index in [1.807, 2.05) is 25.7 Å². The first kappa shape index (κ1) is 13.2. The first-order chi connectivity index (χ1) is 7.56. The van der Waals surface area contributed by atoms with Gasteiger partial charge in [-0.15, -0.1) is 0 Å². The van der Waals surface area contributed by atoms with Crippen LogP contribution < -0.4 is 0 Å². The monoisotopic (exact) mass is 225 g/mol. The Kier molecular flexibility index (Phi) is 4.97. The van der Waals surface area contributed by atoms with E-state index in [0.717, 1.165) is 25.8 Å². The zero-order valence-corrected chi connectivity index (χ0v) is 10.7. The van der Waals surface area contributed by atoms with Crippen LogP contribution in [0.15, 0.2) is 0 Å². The molecule has 1 saturated heterocycles. The summed E-state index contributed by atoms with van der Waals surface area (Å²) in [6, 6.07) is 0. The van der Waals surface area contributed by atoms with E-state index in [-0.39, 0.29) is 17.7 Å². The fourth-order valence-electron chi connectivity index (χ4n) is 2.28. The molecule has 1 aliphatic heterocycles. The summed E-state index contributed by atoms with van der Waals surface area (Å²) in [5.41, 5.74) is 0. The Balaban J connectivity index is 2.53. The third-order valence-electron chi connectivity index (χ3n) is 3.21. The first-order valence-corrected chi connectivity index (χ1v) is 6.37. The fraction of sp³-hybridized carbons (Fsp3) is 0.846. The van der Waals surface area contributed by atoms with Crippen LogP contribution in [0, 0.1) is 11.8 Å². The molecule has 1 fully saturated rings. The maximum Gasteiger partial charge on any atom is 0.222 e. The average molecular weight is 225 g/mol. The van der Waals surface area contributed by atoms with E-state index < -0.39 is 0 Å². The average Bonchev–Trinajstić information content (AvgIpc) is 2.28. The highest BCUT2D eigenvalue weighted by Gasteiger charge is 2.28. The van der Waals surface area contributed by atoms with Gasteiger partial charge in [0, 0.05) is 31.3 Å². The molecule has 0 aromatic carbocycles. The smallest absolute Gasteiger partial charge is 0.222 e. The predicted octanol–water partition coefficient (Wildman–Crippen LogP) is 2.25. The van der Waals surface area contributed by atoms with Crippen molar-refractivity contribution in [3.63, 3.8) is 0 Å². The van der Waals surface area contributed by atoms with Gasteiger partial charge < -0.3 is 4.90 Å². The third kappa shape index (κ3) is 3.32. The molecule has 1 rings (SSSR count). The van der Waals surface area contributed by atoms with Crippen molar-refractivity contribution in [3.8, 4) is 0 Å². The number of Topliss-reactive ketones (excluding diaryl/α,β-unsaturated/α-hetero) is 1. The van der Waals surface area contributed by atoms with Crippen LogP contribution in [0.1, 0.15) is 46.5 Å². The second kappa shape index (κ2) is 6.02. The van der Waals surface area contributed by atoms with Crippen molar-refractivity contribution in [2.24, 2.45) is 11.8 Å². The molecule has 1 atom stereocenters. The molecule has 3 heteroatoms. The summed E-state index contributed by atoms with van der Waals surface area (Å²) in [5, 5.41) is 0. The second-order valence-corrected chi connectivity index (χ2v) is 4.99. The maximum atomic E-state index is 11.9. The number of nitrogens with zero attached hydrogens (tertiary/aromatic N) is 1. The molecule has 1 amide bonds. The van der Waals surface area contributed by atoms with E-state index in [2.05, 4.69) is 0 Å². The molecule has 0 spiro atoms. The lowest BCUT2D eigenvalue weighted by molar-refractivity contribution is -0.136. The van der Waals surface area contributed by atoms with E-state index in [9.17, 15) is 9.59 Å². The van der Waals surface area contributed by atoms with Crippen LogP contribution in [0.5, 0.6) is 0 Å². The van der Waals surface area contributed by atoms with Crippen molar-refractivity contribution in [2.75, 3.05) is 13.1 Å². The molecular weight excluding hydrogens is 202 g/mol. The van der Waals surface area contributed by atoms with E-state index in [1.165, 1.54) is 0 Å². The van der Waals surface area contributed by atoms with Gasteiger partial charge in [-0.3, -0.25) is 9.59 Å². The summed E-state index contributed by atoms with van der Waals surface area (Å²) >= 11 is 0. The van der Waals surface area contributed by atoms with Gasteiger partial charge in [-0.05, 0) is 19.3 Å². The van der Waals surface area contributed by atoms with Crippen LogP contribution in [0.3, 0.4) is 0 Å². The third-order valence-corrected chi connectivity index (χ3v) is 3.21. The van der Waals surface area contributed by atoms with Crippen molar-refractivity contribution < 1.29 is 9.59 Å². The first-order valence-electron chi connectivity index (χ1n) is 6.37. The summed E-state index contributed by atoms with van der Waals surface area (Å²) in [4.78, 5) is 25.5. The number of likely N-dealkylation sites (tertiary alicyclic amines) is 1. The van der Waals surface area contributed by atoms with Crippen molar-refractivity contribution >= 4 is 11.7 Å². The van der Waals surface area contributed by atoms with Crippen LogP contribution in [-0.2, 0) is 9.59 Å². The molecule has 92 valence electrons. The van der Waals surface area contributed by atoms with Crippen molar-refractivity contribution in [1.82, 2.24) is 4.90 Å². The Bertz CT molecular complexity index is 261. The van der Waals surface area contributed by atoms with Gasteiger partial charge in [0.15, 0.2) is 0 Å². The molecule has 0 bridgehead atoms. The SMILES string of the molecule is CCCC(=O)N1CCCC(C(=O)C(C)C)C1. The van der Waals surface area contributed by atoms with Gasteiger partial charge in [-0.25, -0.2) is 0 Å². The van der Waals surface area contributed by atoms with Gasteiger partial charge in [0.25, 0.3) is 0 Å². The molecular formula is C13H23NO2. The zero-order valence-electron chi connectivity index (χ0n) is 10.7. The highest BCUT2D eigenvalue weighted by atomic mass is 16.2. The molecule has 1 aliphatic rings. The quantitative estimate of drug-likeness (QED) is 0.736. The number of ketones is 1. The Morgan fingerprint density at radius 2 is 2.06 bits per heavy atom. The topological polar surface area (TPSA) is 37.4 Å². The summed E-state index contributed by atoms with van der Waals surface area (Å²) < 4.78 is 0. The lowest BCUT2D eigenvalue weighted by Gasteiger charge is -2.32. The Morgan fingerprint density at radius 3 is 2.62 bits per heavy atom. The number of hydrogen-bond donors (Lipinski definition) is 0. The summed E-state index contributed by atoms with van der Waals surface area (Å²) in [7, 11) is 0. The van der Waals surface area contributed by atoms with E-state index in [1.54, 1.807) is 0 Å². The number of carbonyl (C=O) groups is 2. The molecule has 0 N–H and O–H groups in total. The highest BCUT2D eigenvalue weighted by Crippen LogP contribution is 2.21. The minimum atomic E-state index is 0.0783. The summed E-state index contributed by atoms with van der Waals surface area (Å²) in [6.07, 6.45) is 3.42. The van der Waals surface area contributed by atoms with Gasteiger partial charge in [-0.1, -0.05) is 20.8 Å². The number of amides is 1. The predicted molar refractivity (Wildman–Crippen MR) is 64.1 cm³/mol. The minimum absolute atomic E-state index is 0.0783. The standard InChI is InChI=1S/C13H23NO2/c1-4-6-12(15)14-8-5-7-11(9-14)13(16)10(2)3/h10-11H,4-9H2,1-3H3. The van der Waals surface area contributed by atoms with Crippen LogP contribution in [0.4, 0.5) is 0 Å². The van der Waals surface area contributed by atoms with Crippen LogP contribution in [0.2, 0.25) is 0 Å². The highest BCUT2D eigenvalue weighted by molar-refractivity contribution is 5.84. The Morgan fingerprint density at radius 1 is 1.38 bits per heavy atom. The van der Waals surface area contributed by atoms with Crippen molar-refractivity contribution in [3.05, 3.63) is 0 Å². The van der Waals surface area contributed by atoms with Gasteiger partial charge in [0.1, 0.15) is 5.78 Å².